The van der Waals surface area contributed by atoms with E-state index < -0.39 is 0 Å². The molecule has 0 saturated carbocycles. The van der Waals surface area contributed by atoms with E-state index in [0.29, 0.717) is 11.9 Å². The third-order valence-corrected chi connectivity index (χ3v) is 6.78. The second-order valence-corrected chi connectivity index (χ2v) is 9.18. The van der Waals surface area contributed by atoms with Crippen molar-refractivity contribution in [2.24, 2.45) is 0 Å². The van der Waals surface area contributed by atoms with Crippen LogP contribution in [0.2, 0.25) is 0 Å². The van der Waals surface area contributed by atoms with Gasteiger partial charge in [-0.05, 0) is 67.9 Å². The fraction of sp³-hybridized carbons (Fsp3) is 0.207. The number of hydrogen-bond donors (Lipinski definition) is 3. The van der Waals surface area contributed by atoms with Gasteiger partial charge < -0.3 is 16.4 Å². The van der Waals surface area contributed by atoms with E-state index >= 15 is 0 Å². The van der Waals surface area contributed by atoms with Crippen molar-refractivity contribution in [3.05, 3.63) is 90.6 Å². The topological polar surface area (TPSA) is 93.7 Å². The maximum atomic E-state index is 6.28. The molecule has 36 heavy (non-hydrogen) atoms. The largest absolute Gasteiger partial charge is 0.383 e. The highest BCUT2D eigenvalue weighted by molar-refractivity contribution is 5.84. The lowest BCUT2D eigenvalue weighted by Crippen LogP contribution is -2.39. The third kappa shape index (κ3) is 4.46. The molecule has 1 saturated heterocycles. The van der Waals surface area contributed by atoms with Crippen molar-refractivity contribution >= 4 is 17.0 Å². The molecule has 5 aromatic rings. The molecule has 0 amide bonds. The fourth-order valence-corrected chi connectivity index (χ4v) is 4.81. The number of piperidine rings is 1. The Kier molecular flexibility index (Phi) is 6.15. The monoisotopic (exact) mass is 475 g/mol. The number of imidazole rings is 1. The number of rotatable bonds is 6. The van der Waals surface area contributed by atoms with Crippen LogP contribution >= 0.6 is 0 Å². The summed E-state index contributed by atoms with van der Waals surface area (Å²) < 4.78 is 2.08. The van der Waals surface area contributed by atoms with Crippen molar-refractivity contribution in [3.8, 4) is 28.3 Å². The van der Waals surface area contributed by atoms with E-state index in [0.717, 1.165) is 59.1 Å². The Morgan fingerprint density at radius 2 is 1.69 bits per heavy atom. The van der Waals surface area contributed by atoms with Gasteiger partial charge in [0.05, 0.1) is 11.3 Å². The van der Waals surface area contributed by atoms with E-state index in [2.05, 4.69) is 56.6 Å². The van der Waals surface area contributed by atoms with Crippen molar-refractivity contribution in [3.63, 3.8) is 0 Å². The molecule has 2 aromatic carbocycles. The van der Waals surface area contributed by atoms with Crippen molar-refractivity contribution in [1.29, 1.82) is 0 Å². The average Bonchev–Trinajstić information content (AvgIpc) is 3.32. The Balaban J connectivity index is 1.41. The average molecular weight is 476 g/mol. The molecule has 7 heteroatoms. The Hall–Kier alpha value is -4.07. The molecule has 1 aliphatic heterocycles. The third-order valence-electron chi connectivity index (χ3n) is 6.78. The molecule has 1 aliphatic rings. The lowest BCUT2D eigenvalue weighted by molar-refractivity contribution is 0.386. The summed E-state index contributed by atoms with van der Waals surface area (Å²) in [6, 6.07) is 27.3. The molecule has 0 radical (unpaired) electrons. The van der Waals surface area contributed by atoms with Gasteiger partial charge in [0.25, 0.3) is 0 Å². The normalized spacial score (nSPS) is 14.3. The molecule has 0 spiro atoms. The molecule has 4 N–H and O–H groups in total. The minimum absolute atomic E-state index is 0.445. The van der Waals surface area contributed by atoms with Crippen molar-refractivity contribution in [2.45, 2.75) is 25.4 Å². The second-order valence-electron chi connectivity index (χ2n) is 9.18. The van der Waals surface area contributed by atoms with Gasteiger partial charge in [-0.1, -0.05) is 42.5 Å². The summed E-state index contributed by atoms with van der Waals surface area (Å²) in [5, 5.41) is 7.12. The number of nitrogen functional groups attached to an aromatic ring is 1. The van der Waals surface area contributed by atoms with Crippen LogP contribution in [0.3, 0.4) is 0 Å². The van der Waals surface area contributed by atoms with Gasteiger partial charge in [0, 0.05) is 30.0 Å². The van der Waals surface area contributed by atoms with E-state index in [1.165, 1.54) is 18.4 Å². The molecule has 7 nitrogen and oxygen atoms in total. The highest BCUT2D eigenvalue weighted by atomic mass is 15.1. The Labute approximate surface area is 210 Å². The van der Waals surface area contributed by atoms with Crippen LogP contribution in [-0.4, -0.2) is 38.7 Å². The van der Waals surface area contributed by atoms with E-state index in [4.69, 9.17) is 15.7 Å². The maximum Gasteiger partial charge on any atom is 0.165 e. The van der Waals surface area contributed by atoms with E-state index in [1.807, 2.05) is 42.5 Å². The summed E-state index contributed by atoms with van der Waals surface area (Å²) in [6.07, 6.45) is 4.04. The number of aromatic nitrogens is 4. The molecule has 0 bridgehead atoms. The molecule has 3 aromatic heterocycles. The number of hydrogen-bond acceptors (Lipinski definition) is 6. The van der Waals surface area contributed by atoms with Crippen molar-refractivity contribution < 1.29 is 0 Å². The summed E-state index contributed by atoms with van der Waals surface area (Å²) in [4.78, 5) is 14.3. The first-order valence-corrected chi connectivity index (χ1v) is 12.5. The zero-order chi connectivity index (χ0) is 24.3. The van der Waals surface area contributed by atoms with E-state index in [-0.39, 0.29) is 0 Å². The second kappa shape index (κ2) is 9.89. The van der Waals surface area contributed by atoms with Gasteiger partial charge in [-0.2, -0.15) is 0 Å². The molecular formula is C29H29N7. The standard InChI is InChI=1S/C29H29N7/c30-27-24(7-4-16-32-27)28-35-26-13-12-25(21-5-2-1-3-6-21)34-29(26)36(28)23-10-8-20(9-11-23)19-33-22-14-17-31-18-15-22/h1-13,16,22,31,33H,14-15,17-19H2,(H2,30,32). The number of benzene rings is 2. The minimum atomic E-state index is 0.445. The first kappa shape index (κ1) is 22.4. The number of fused-ring (bicyclic) bond motifs is 1. The molecule has 4 heterocycles. The number of nitrogens with zero attached hydrogens (tertiary/aromatic N) is 4. The molecule has 6 rings (SSSR count). The van der Waals surface area contributed by atoms with Crippen LogP contribution in [0.15, 0.2) is 85.1 Å². The first-order chi connectivity index (χ1) is 17.8. The summed E-state index contributed by atoms with van der Waals surface area (Å²) in [7, 11) is 0. The number of nitrogens with two attached hydrogens (primary N) is 1. The van der Waals surface area contributed by atoms with Crippen LogP contribution in [0.4, 0.5) is 5.82 Å². The Morgan fingerprint density at radius 3 is 2.47 bits per heavy atom. The molecule has 0 unspecified atom stereocenters. The molecule has 1 fully saturated rings. The molecule has 180 valence electrons. The van der Waals surface area contributed by atoms with Gasteiger partial charge in [-0.25, -0.2) is 15.0 Å². The Morgan fingerprint density at radius 1 is 0.889 bits per heavy atom. The van der Waals surface area contributed by atoms with Gasteiger partial charge >= 0.3 is 0 Å². The van der Waals surface area contributed by atoms with Crippen molar-refractivity contribution in [2.75, 3.05) is 18.8 Å². The predicted molar refractivity (Wildman–Crippen MR) is 145 cm³/mol. The van der Waals surface area contributed by atoms with E-state index in [1.54, 1.807) is 6.20 Å². The smallest absolute Gasteiger partial charge is 0.165 e. The lowest BCUT2D eigenvalue weighted by Gasteiger charge is -2.23. The summed E-state index contributed by atoms with van der Waals surface area (Å²) in [5.41, 5.74) is 12.9. The highest BCUT2D eigenvalue weighted by Crippen LogP contribution is 2.31. The first-order valence-electron chi connectivity index (χ1n) is 12.5. The van der Waals surface area contributed by atoms with Crippen molar-refractivity contribution in [1.82, 2.24) is 30.2 Å². The molecular weight excluding hydrogens is 446 g/mol. The SMILES string of the molecule is Nc1ncccc1-c1nc2ccc(-c3ccccc3)nc2n1-c1ccc(CNC2CCNCC2)cc1. The fourth-order valence-electron chi connectivity index (χ4n) is 4.81. The van der Waals surface area contributed by atoms with Crippen LogP contribution in [-0.2, 0) is 6.54 Å². The van der Waals surface area contributed by atoms with Gasteiger partial charge in [-0.15, -0.1) is 0 Å². The van der Waals surface area contributed by atoms with Gasteiger partial charge in [-0.3, -0.25) is 4.57 Å². The number of pyridine rings is 2. The summed E-state index contributed by atoms with van der Waals surface area (Å²) in [5.74, 6) is 1.18. The Bertz CT molecular complexity index is 1470. The molecule has 0 atom stereocenters. The zero-order valence-corrected chi connectivity index (χ0v) is 20.1. The van der Waals surface area contributed by atoms with Crippen LogP contribution in [0.25, 0.3) is 39.5 Å². The predicted octanol–water partition coefficient (Wildman–Crippen LogP) is 4.57. The lowest BCUT2D eigenvalue weighted by atomic mass is 10.1. The maximum absolute atomic E-state index is 6.28. The van der Waals surface area contributed by atoms with E-state index in [9.17, 15) is 0 Å². The van der Waals surface area contributed by atoms with Gasteiger partial charge in [0.15, 0.2) is 11.5 Å². The number of anilines is 1. The summed E-state index contributed by atoms with van der Waals surface area (Å²) in [6.45, 7) is 3.03. The van der Waals surface area contributed by atoms with Gasteiger partial charge in [0.2, 0.25) is 0 Å². The molecule has 0 aliphatic carbocycles. The van der Waals surface area contributed by atoms with Crippen LogP contribution in [0, 0.1) is 0 Å². The van der Waals surface area contributed by atoms with Crippen LogP contribution < -0.4 is 16.4 Å². The van der Waals surface area contributed by atoms with Gasteiger partial charge in [0.1, 0.15) is 11.3 Å². The summed E-state index contributed by atoms with van der Waals surface area (Å²) >= 11 is 0. The van der Waals surface area contributed by atoms with Crippen LogP contribution in [0.1, 0.15) is 18.4 Å². The number of nitrogens with one attached hydrogen (secondary N) is 2. The highest BCUT2D eigenvalue weighted by Gasteiger charge is 2.19. The van der Waals surface area contributed by atoms with Crippen LogP contribution in [0.5, 0.6) is 0 Å². The zero-order valence-electron chi connectivity index (χ0n) is 20.1. The quantitative estimate of drug-likeness (QED) is 0.333. The minimum Gasteiger partial charge on any atom is -0.383 e.